The third kappa shape index (κ3) is 3.51. The van der Waals surface area contributed by atoms with Crippen LogP contribution in [0, 0.1) is 5.92 Å². The van der Waals surface area contributed by atoms with Gasteiger partial charge in [-0.05, 0) is 32.2 Å². The summed E-state index contributed by atoms with van der Waals surface area (Å²) in [6.07, 6.45) is 3.18. The standard InChI is InChI=1S/C13H24ClN3O/c1-10-3-4-12(11(14)9-10)15-13(18)17-7-5-16(2)6-8-17/h10-12H,3-9H2,1-2H3,(H,15,18). The van der Waals surface area contributed by atoms with E-state index in [2.05, 4.69) is 24.2 Å². The summed E-state index contributed by atoms with van der Waals surface area (Å²) in [5, 5.41) is 3.20. The summed E-state index contributed by atoms with van der Waals surface area (Å²) in [6, 6.07) is 0.211. The van der Waals surface area contributed by atoms with Gasteiger partial charge in [-0.2, -0.15) is 0 Å². The maximum absolute atomic E-state index is 12.1. The molecule has 0 bridgehead atoms. The molecule has 2 aliphatic rings. The van der Waals surface area contributed by atoms with Crippen molar-refractivity contribution in [2.24, 2.45) is 5.92 Å². The molecule has 0 aromatic rings. The summed E-state index contributed by atoms with van der Waals surface area (Å²) in [6.45, 7) is 5.78. The smallest absolute Gasteiger partial charge is 0.317 e. The number of nitrogens with one attached hydrogen (secondary N) is 1. The molecule has 3 unspecified atom stereocenters. The number of hydrogen-bond donors (Lipinski definition) is 1. The molecule has 1 heterocycles. The number of rotatable bonds is 1. The normalized spacial score (nSPS) is 34.4. The number of nitrogens with zero attached hydrogens (tertiary/aromatic N) is 2. The topological polar surface area (TPSA) is 35.6 Å². The number of alkyl halides is 1. The molecule has 2 fully saturated rings. The van der Waals surface area contributed by atoms with E-state index in [9.17, 15) is 4.79 Å². The van der Waals surface area contributed by atoms with Crippen LogP contribution in [-0.2, 0) is 0 Å². The lowest BCUT2D eigenvalue weighted by molar-refractivity contribution is 0.149. The zero-order valence-electron chi connectivity index (χ0n) is 11.4. The van der Waals surface area contributed by atoms with Crippen LogP contribution in [0.3, 0.4) is 0 Å². The van der Waals surface area contributed by atoms with Crippen molar-refractivity contribution in [3.8, 4) is 0 Å². The Balaban J connectivity index is 1.80. The highest BCUT2D eigenvalue weighted by atomic mass is 35.5. The zero-order chi connectivity index (χ0) is 13.1. The van der Waals surface area contributed by atoms with Crippen LogP contribution < -0.4 is 5.32 Å². The first-order chi connectivity index (χ1) is 8.56. The minimum atomic E-state index is 0.0632. The Hall–Kier alpha value is -0.480. The van der Waals surface area contributed by atoms with Gasteiger partial charge < -0.3 is 15.1 Å². The van der Waals surface area contributed by atoms with Crippen LogP contribution in [-0.4, -0.2) is 60.5 Å². The van der Waals surface area contributed by atoms with Gasteiger partial charge in [0.2, 0.25) is 0 Å². The molecule has 0 radical (unpaired) electrons. The summed E-state index contributed by atoms with van der Waals surface area (Å²) in [4.78, 5) is 16.3. The van der Waals surface area contributed by atoms with Gasteiger partial charge in [-0.25, -0.2) is 4.79 Å². The Morgan fingerprint density at radius 3 is 2.50 bits per heavy atom. The summed E-state index contributed by atoms with van der Waals surface area (Å²) >= 11 is 6.34. The predicted molar refractivity (Wildman–Crippen MR) is 74.0 cm³/mol. The van der Waals surface area contributed by atoms with E-state index in [4.69, 9.17) is 11.6 Å². The van der Waals surface area contributed by atoms with Crippen LogP contribution in [0.15, 0.2) is 0 Å². The van der Waals surface area contributed by atoms with E-state index in [1.165, 1.54) is 0 Å². The highest BCUT2D eigenvalue weighted by molar-refractivity contribution is 6.21. The molecular formula is C13H24ClN3O. The number of halogens is 1. The van der Waals surface area contributed by atoms with E-state index in [0.717, 1.165) is 45.4 Å². The molecule has 1 saturated carbocycles. The summed E-state index contributed by atoms with van der Waals surface area (Å²) in [5.74, 6) is 0.685. The number of carbonyl (C=O) groups is 1. The molecule has 2 rings (SSSR count). The Morgan fingerprint density at radius 1 is 1.22 bits per heavy atom. The highest BCUT2D eigenvalue weighted by Crippen LogP contribution is 2.27. The Bertz CT molecular complexity index is 292. The SMILES string of the molecule is CC1CCC(NC(=O)N2CCN(C)CC2)C(Cl)C1. The number of amides is 2. The average Bonchev–Trinajstić information content (AvgIpc) is 2.33. The highest BCUT2D eigenvalue weighted by Gasteiger charge is 2.30. The van der Waals surface area contributed by atoms with E-state index in [-0.39, 0.29) is 17.5 Å². The maximum Gasteiger partial charge on any atom is 0.317 e. The van der Waals surface area contributed by atoms with Crippen LogP contribution in [0.25, 0.3) is 0 Å². The van der Waals surface area contributed by atoms with Gasteiger partial charge in [0, 0.05) is 32.2 Å². The molecule has 1 aliphatic heterocycles. The van der Waals surface area contributed by atoms with Gasteiger partial charge in [0.25, 0.3) is 0 Å². The van der Waals surface area contributed by atoms with Gasteiger partial charge in [0.05, 0.1) is 5.38 Å². The Morgan fingerprint density at radius 2 is 1.89 bits per heavy atom. The van der Waals surface area contributed by atoms with Crippen LogP contribution in [0.5, 0.6) is 0 Å². The van der Waals surface area contributed by atoms with E-state index >= 15 is 0 Å². The van der Waals surface area contributed by atoms with Crippen LogP contribution in [0.1, 0.15) is 26.2 Å². The second-order valence-electron chi connectivity index (χ2n) is 5.78. The van der Waals surface area contributed by atoms with E-state index in [1.54, 1.807) is 0 Å². The predicted octanol–water partition coefficient (Wildman–Crippen LogP) is 1.74. The lowest BCUT2D eigenvalue weighted by Gasteiger charge is -2.36. The van der Waals surface area contributed by atoms with E-state index in [1.807, 2.05) is 4.90 Å². The van der Waals surface area contributed by atoms with Gasteiger partial charge in [0.15, 0.2) is 0 Å². The second kappa shape index (κ2) is 6.11. The first-order valence-electron chi connectivity index (χ1n) is 6.94. The van der Waals surface area contributed by atoms with E-state index in [0.29, 0.717) is 5.92 Å². The van der Waals surface area contributed by atoms with Crippen LogP contribution in [0.2, 0.25) is 0 Å². The fourth-order valence-electron chi connectivity index (χ4n) is 2.73. The van der Waals surface area contributed by atoms with Crippen molar-refractivity contribution in [1.29, 1.82) is 0 Å². The molecule has 18 heavy (non-hydrogen) atoms. The summed E-state index contributed by atoms with van der Waals surface area (Å²) < 4.78 is 0. The minimum Gasteiger partial charge on any atom is -0.334 e. The molecule has 2 amide bonds. The molecule has 0 aromatic carbocycles. The van der Waals surface area contributed by atoms with Crippen molar-refractivity contribution < 1.29 is 4.79 Å². The van der Waals surface area contributed by atoms with Crippen molar-refractivity contribution in [2.45, 2.75) is 37.6 Å². The van der Waals surface area contributed by atoms with Crippen molar-refractivity contribution in [3.05, 3.63) is 0 Å². The van der Waals surface area contributed by atoms with Gasteiger partial charge in [0.1, 0.15) is 0 Å². The molecule has 1 aliphatic carbocycles. The third-order valence-electron chi connectivity index (χ3n) is 4.13. The fourth-order valence-corrected chi connectivity index (χ4v) is 3.23. The molecule has 1 N–H and O–H groups in total. The van der Waals surface area contributed by atoms with Crippen LogP contribution >= 0.6 is 11.6 Å². The number of hydrogen-bond acceptors (Lipinski definition) is 2. The Labute approximate surface area is 115 Å². The lowest BCUT2D eigenvalue weighted by Crippen LogP contribution is -2.54. The second-order valence-corrected chi connectivity index (χ2v) is 6.34. The van der Waals surface area contributed by atoms with Crippen LogP contribution in [0.4, 0.5) is 4.79 Å². The molecule has 104 valence electrons. The first-order valence-corrected chi connectivity index (χ1v) is 7.38. The fraction of sp³-hybridized carbons (Fsp3) is 0.923. The van der Waals surface area contributed by atoms with Crippen molar-refractivity contribution in [3.63, 3.8) is 0 Å². The number of carbonyl (C=O) groups excluding carboxylic acids is 1. The molecule has 1 saturated heterocycles. The molecule has 4 nitrogen and oxygen atoms in total. The maximum atomic E-state index is 12.1. The largest absolute Gasteiger partial charge is 0.334 e. The molecule has 0 spiro atoms. The summed E-state index contributed by atoms with van der Waals surface area (Å²) in [5.41, 5.74) is 0. The van der Waals surface area contributed by atoms with Gasteiger partial charge in [-0.3, -0.25) is 0 Å². The van der Waals surface area contributed by atoms with Crippen molar-refractivity contribution >= 4 is 17.6 Å². The molecule has 0 aromatic heterocycles. The monoisotopic (exact) mass is 273 g/mol. The van der Waals surface area contributed by atoms with Gasteiger partial charge in [-0.1, -0.05) is 6.92 Å². The number of likely N-dealkylation sites (N-methyl/N-ethyl adjacent to an activating group) is 1. The first kappa shape index (κ1) is 13.9. The zero-order valence-corrected chi connectivity index (χ0v) is 12.1. The van der Waals surface area contributed by atoms with Crippen molar-refractivity contribution in [1.82, 2.24) is 15.1 Å². The lowest BCUT2D eigenvalue weighted by atomic mass is 9.87. The third-order valence-corrected chi connectivity index (χ3v) is 4.62. The quantitative estimate of drug-likeness (QED) is 0.739. The number of piperazine rings is 1. The van der Waals surface area contributed by atoms with Gasteiger partial charge >= 0.3 is 6.03 Å². The Kier molecular flexibility index (Phi) is 4.73. The minimum absolute atomic E-state index is 0.0632. The van der Waals surface area contributed by atoms with Gasteiger partial charge in [-0.15, -0.1) is 11.6 Å². The molecule has 3 atom stereocenters. The average molecular weight is 274 g/mol. The number of urea groups is 1. The molecule has 5 heteroatoms. The van der Waals surface area contributed by atoms with E-state index < -0.39 is 0 Å². The summed E-state index contributed by atoms with van der Waals surface area (Å²) in [7, 11) is 2.09. The molecular weight excluding hydrogens is 250 g/mol. The van der Waals surface area contributed by atoms with Crippen molar-refractivity contribution in [2.75, 3.05) is 33.2 Å².